The standard InChI is InChI=1S/C20H28N4O2S/c1-2-26-20(25)23-12-9-15(10-13-23)21-16-6-5-11-24(14-16)19-22-17-7-3-4-8-18(17)27-19/h3-4,7-8,15-16,21H,2,5-6,9-14H2,1H3/t16-/m1/s1. The number of aromatic nitrogens is 1. The quantitative estimate of drug-likeness (QED) is 0.869. The first-order valence-corrected chi connectivity index (χ1v) is 10.8. The van der Waals surface area contributed by atoms with E-state index in [1.54, 1.807) is 11.3 Å². The summed E-state index contributed by atoms with van der Waals surface area (Å²) in [7, 11) is 0. The first-order chi connectivity index (χ1) is 13.2. The molecule has 2 fully saturated rings. The number of hydrogen-bond acceptors (Lipinski definition) is 6. The van der Waals surface area contributed by atoms with Gasteiger partial charge >= 0.3 is 6.09 Å². The maximum Gasteiger partial charge on any atom is 0.409 e. The fourth-order valence-electron chi connectivity index (χ4n) is 4.06. The van der Waals surface area contributed by atoms with E-state index in [1.165, 1.54) is 17.5 Å². The van der Waals surface area contributed by atoms with Gasteiger partial charge in [-0.1, -0.05) is 23.5 Å². The molecule has 3 heterocycles. The lowest BCUT2D eigenvalue weighted by atomic mass is 10.0. The number of para-hydroxylation sites is 1. The number of thiazole rings is 1. The molecule has 0 bridgehead atoms. The molecular formula is C20H28N4O2S. The van der Waals surface area contributed by atoms with Crippen LogP contribution in [0.2, 0.25) is 0 Å². The second-order valence-corrected chi connectivity index (χ2v) is 8.39. The van der Waals surface area contributed by atoms with E-state index < -0.39 is 0 Å². The molecule has 1 N–H and O–H groups in total. The van der Waals surface area contributed by atoms with Gasteiger partial charge in [-0.25, -0.2) is 9.78 Å². The topological polar surface area (TPSA) is 57.7 Å². The van der Waals surface area contributed by atoms with Crippen LogP contribution in [-0.4, -0.2) is 60.8 Å². The summed E-state index contributed by atoms with van der Waals surface area (Å²) in [5, 5.41) is 4.98. The van der Waals surface area contributed by atoms with Crippen LogP contribution in [0.25, 0.3) is 10.2 Å². The Labute approximate surface area is 164 Å². The van der Waals surface area contributed by atoms with Crippen molar-refractivity contribution >= 4 is 32.8 Å². The molecule has 2 aliphatic rings. The molecule has 0 aliphatic carbocycles. The molecule has 6 nitrogen and oxygen atoms in total. The van der Waals surface area contributed by atoms with E-state index >= 15 is 0 Å². The zero-order valence-electron chi connectivity index (χ0n) is 15.9. The Hall–Kier alpha value is -1.86. The molecule has 0 unspecified atom stereocenters. The van der Waals surface area contributed by atoms with Gasteiger partial charge < -0.3 is 19.9 Å². The monoisotopic (exact) mass is 388 g/mol. The molecule has 4 rings (SSSR count). The van der Waals surface area contributed by atoms with Crippen molar-refractivity contribution in [1.29, 1.82) is 0 Å². The number of ether oxygens (including phenoxy) is 1. The number of carbonyl (C=O) groups excluding carboxylic acids is 1. The molecule has 2 aliphatic heterocycles. The van der Waals surface area contributed by atoms with Crippen molar-refractivity contribution in [3.8, 4) is 0 Å². The average molecular weight is 389 g/mol. The lowest BCUT2D eigenvalue weighted by Crippen LogP contribution is -2.52. The number of rotatable bonds is 4. The lowest BCUT2D eigenvalue weighted by Gasteiger charge is -2.38. The summed E-state index contributed by atoms with van der Waals surface area (Å²) < 4.78 is 6.37. The van der Waals surface area contributed by atoms with Crippen molar-refractivity contribution < 1.29 is 9.53 Å². The molecule has 0 radical (unpaired) electrons. The summed E-state index contributed by atoms with van der Waals surface area (Å²) in [5.74, 6) is 0. The van der Waals surface area contributed by atoms with Crippen LogP contribution in [-0.2, 0) is 4.74 Å². The highest BCUT2D eigenvalue weighted by atomic mass is 32.1. The van der Waals surface area contributed by atoms with Crippen molar-refractivity contribution in [3.05, 3.63) is 24.3 Å². The highest BCUT2D eigenvalue weighted by molar-refractivity contribution is 7.22. The number of hydrogen-bond donors (Lipinski definition) is 1. The lowest BCUT2D eigenvalue weighted by molar-refractivity contribution is 0.0939. The molecule has 0 saturated carbocycles. The molecule has 1 aromatic heterocycles. The third-order valence-electron chi connectivity index (χ3n) is 5.47. The van der Waals surface area contributed by atoms with E-state index in [9.17, 15) is 4.79 Å². The van der Waals surface area contributed by atoms with Crippen molar-refractivity contribution in [1.82, 2.24) is 15.2 Å². The number of nitrogens with one attached hydrogen (secondary N) is 1. The highest BCUT2D eigenvalue weighted by Crippen LogP contribution is 2.30. The SMILES string of the molecule is CCOC(=O)N1CCC(N[C@@H]2CCCN(c3nc4ccccc4s3)C2)CC1. The maximum absolute atomic E-state index is 11.8. The molecule has 7 heteroatoms. The van der Waals surface area contributed by atoms with Gasteiger partial charge in [-0.2, -0.15) is 0 Å². The predicted octanol–water partition coefficient (Wildman–Crippen LogP) is 3.48. The van der Waals surface area contributed by atoms with Crippen LogP contribution < -0.4 is 10.2 Å². The summed E-state index contributed by atoms with van der Waals surface area (Å²) in [6.07, 6.45) is 4.22. The second-order valence-electron chi connectivity index (χ2n) is 7.38. The fraction of sp³-hybridized carbons (Fsp3) is 0.600. The Kier molecular flexibility index (Phi) is 5.78. The summed E-state index contributed by atoms with van der Waals surface area (Å²) in [6.45, 7) is 5.96. The summed E-state index contributed by atoms with van der Waals surface area (Å²) in [4.78, 5) is 20.9. The van der Waals surface area contributed by atoms with Crippen LogP contribution in [0.4, 0.5) is 9.93 Å². The minimum atomic E-state index is -0.171. The maximum atomic E-state index is 11.8. The largest absolute Gasteiger partial charge is 0.450 e. The highest BCUT2D eigenvalue weighted by Gasteiger charge is 2.28. The van der Waals surface area contributed by atoms with Gasteiger partial charge in [-0.05, 0) is 44.7 Å². The third kappa shape index (κ3) is 4.35. The zero-order chi connectivity index (χ0) is 18.6. The fourth-order valence-corrected chi connectivity index (χ4v) is 5.06. The third-order valence-corrected chi connectivity index (χ3v) is 6.56. The first-order valence-electron chi connectivity index (χ1n) is 10.0. The summed E-state index contributed by atoms with van der Waals surface area (Å²) >= 11 is 1.79. The first kappa shape index (κ1) is 18.5. The van der Waals surface area contributed by atoms with Gasteiger partial charge in [-0.15, -0.1) is 0 Å². The molecule has 1 amide bonds. The van der Waals surface area contributed by atoms with E-state index in [0.29, 0.717) is 18.7 Å². The number of benzene rings is 1. The van der Waals surface area contributed by atoms with E-state index in [-0.39, 0.29) is 6.09 Å². The Bertz CT molecular complexity index is 739. The Morgan fingerprint density at radius 3 is 2.81 bits per heavy atom. The van der Waals surface area contributed by atoms with Gasteiger partial charge in [-0.3, -0.25) is 0 Å². The van der Waals surface area contributed by atoms with Crippen molar-refractivity contribution in [3.63, 3.8) is 0 Å². The van der Waals surface area contributed by atoms with Crippen LogP contribution >= 0.6 is 11.3 Å². The molecule has 1 atom stereocenters. The number of piperidine rings is 2. The number of likely N-dealkylation sites (tertiary alicyclic amines) is 1. The molecule has 2 saturated heterocycles. The number of amides is 1. The second kappa shape index (κ2) is 8.44. The Morgan fingerprint density at radius 1 is 1.22 bits per heavy atom. The van der Waals surface area contributed by atoms with Crippen molar-refractivity contribution in [2.75, 3.05) is 37.7 Å². The van der Waals surface area contributed by atoms with Crippen LogP contribution in [0, 0.1) is 0 Å². The minimum Gasteiger partial charge on any atom is -0.450 e. The zero-order valence-corrected chi connectivity index (χ0v) is 16.7. The molecule has 27 heavy (non-hydrogen) atoms. The van der Waals surface area contributed by atoms with Gasteiger partial charge in [0.15, 0.2) is 5.13 Å². The smallest absolute Gasteiger partial charge is 0.409 e. The minimum absolute atomic E-state index is 0.171. The van der Waals surface area contributed by atoms with Crippen LogP contribution in [0.1, 0.15) is 32.6 Å². The molecule has 1 aromatic carbocycles. The summed E-state index contributed by atoms with van der Waals surface area (Å²) in [5.41, 5.74) is 1.10. The van der Waals surface area contributed by atoms with E-state index in [4.69, 9.17) is 9.72 Å². The number of nitrogens with zero attached hydrogens (tertiary/aromatic N) is 3. The predicted molar refractivity (Wildman–Crippen MR) is 110 cm³/mol. The van der Waals surface area contributed by atoms with Gasteiger partial charge in [0.2, 0.25) is 0 Å². The van der Waals surface area contributed by atoms with E-state index in [0.717, 1.165) is 49.7 Å². The molecule has 146 valence electrons. The normalized spacial score (nSPS) is 21.6. The van der Waals surface area contributed by atoms with E-state index in [1.807, 2.05) is 11.8 Å². The number of fused-ring (bicyclic) bond motifs is 1. The van der Waals surface area contributed by atoms with Crippen LogP contribution in [0.3, 0.4) is 0 Å². The van der Waals surface area contributed by atoms with Crippen molar-refractivity contribution in [2.45, 2.75) is 44.7 Å². The van der Waals surface area contributed by atoms with E-state index in [2.05, 4.69) is 34.5 Å². The Balaban J connectivity index is 1.31. The average Bonchev–Trinajstić information content (AvgIpc) is 3.13. The van der Waals surface area contributed by atoms with Gasteiger partial charge in [0.05, 0.1) is 16.8 Å². The Morgan fingerprint density at radius 2 is 2.04 bits per heavy atom. The number of carbonyl (C=O) groups is 1. The van der Waals surface area contributed by atoms with Gasteiger partial charge in [0, 0.05) is 38.3 Å². The number of anilines is 1. The molecular weight excluding hydrogens is 360 g/mol. The van der Waals surface area contributed by atoms with Crippen LogP contribution in [0.5, 0.6) is 0 Å². The van der Waals surface area contributed by atoms with Crippen LogP contribution in [0.15, 0.2) is 24.3 Å². The van der Waals surface area contributed by atoms with Gasteiger partial charge in [0.25, 0.3) is 0 Å². The van der Waals surface area contributed by atoms with Crippen molar-refractivity contribution in [2.24, 2.45) is 0 Å². The molecule has 0 spiro atoms. The summed E-state index contributed by atoms with van der Waals surface area (Å²) in [6, 6.07) is 9.34. The molecule has 2 aromatic rings. The van der Waals surface area contributed by atoms with Gasteiger partial charge in [0.1, 0.15) is 0 Å².